The molecule has 0 heterocycles. The predicted octanol–water partition coefficient (Wildman–Crippen LogP) is 5.22. The van der Waals surface area contributed by atoms with Crippen molar-refractivity contribution in [1.82, 2.24) is 0 Å². The summed E-state index contributed by atoms with van der Waals surface area (Å²) < 4.78 is 11.4. The summed E-state index contributed by atoms with van der Waals surface area (Å²) in [6.07, 6.45) is 5.41. The Bertz CT molecular complexity index is 948. The zero-order valence-corrected chi connectivity index (χ0v) is 20.0. The van der Waals surface area contributed by atoms with Crippen LogP contribution in [0.15, 0.2) is 115 Å². The van der Waals surface area contributed by atoms with E-state index in [2.05, 4.69) is 104 Å². The number of ether oxygens (including phenoxy) is 2. The van der Waals surface area contributed by atoms with E-state index in [0.29, 0.717) is 5.92 Å². The summed E-state index contributed by atoms with van der Waals surface area (Å²) in [6, 6.07) is 33.4. The molecule has 0 aliphatic heterocycles. The van der Waals surface area contributed by atoms with Gasteiger partial charge in [-0.15, -0.1) is 0 Å². The number of hydrogen-bond donors (Lipinski definition) is 0. The molecule has 0 saturated heterocycles. The van der Waals surface area contributed by atoms with Gasteiger partial charge in [-0.25, -0.2) is 0 Å². The van der Waals surface area contributed by atoms with Crippen molar-refractivity contribution in [2.24, 2.45) is 5.92 Å². The molecule has 2 nitrogen and oxygen atoms in total. The number of hydrogen-bond acceptors (Lipinski definition) is 2. The fourth-order valence-corrected chi connectivity index (χ4v) is 10.4. The monoisotopic (exact) mass is 444 g/mol. The molecule has 0 amide bonds. The molecule has 0 fully saturated rings. The Hall–Kier alpha value is -2.67. The third-order valence-corrected chi connectivity index (χ3v) is 12.0. The van der Waals surface area contributed by atoms with Gasteiger partial charge in [0, 0.05) is 0 Å². The van der Waals surface area contributed by atoms with Crippen LogP contribution >= 0.6 is 7.26 Å². The van der Waals surface area contributed by atoms with E-state index >= 15 is 0 Å². The zero-order valence-electron chi connectivity index (χ0n) is 19.0. The SMILES string of the molecule is C=C(OC)C1=CC(OC)C(C[PH](c2ccccc2)(c2ccccc2)c2ccccc2)CC1. The van der Waals surface area contributed by atoms with Crippen LogP contribution in [0.4, 0.5) is 0 Å². The van der Waals surface area contributed by atoms with Crippen molar-refractivity contribution in [1.29, 1.82) is 0 Å². The summed E-state index contributed by atoms with van der Waals surface area (Å²) in [4.78, 5) is 0. The number of allylic oxidation sites excluding steroid dienone is 1. The predicted molar refractivity (Wildman–Crippen MR) is 139 cm³/mol. The average molecular weight is 445 g/mol. The molecular weight excluding hydrogens is 411 g/mol. The van der Waals surface area contributed by atoms with Crippen LogP contribution in [0.3, 0.4) is 0 Å². The zero-order chi connectivity index (χ0) is 22.4. The van der Waals surface area contributed by atoms with Gasteiger partial charge in [-0.2, -0.15) is 0 Å². The molecule has 0 aromatic heterocycles. The maximum absolute atomic E-state index is 6.03. The van der Waals surface area contributed by atoms with E-state index in [1.54, 1.807) is 7.11 Å². The maximum atomic E-state index is 6.03. The van der Waals surface area contributed by atoms with E-state index in [1.807, 2.05) is 7.11 Å². The molecular formula is C29H33O2P. The van der Waals surface area contributed by atoms with Gasteiger partial charge in [-0.05, 0) is 0 Å². The normalized spacial score (nSPS) is 19.1. The minimum absolute atomic E-state index is 0.0497. The van der Waals surface area contributed by atoms with Crippen LogP contribution < -0.4 is 15.9 Å². The molecule has 0 saturated carbocycles. The Morgan fingerprint density at radius 1 is 0.812 bits per heavy atom. The summed E-state index contributed by atoms with van der Waals surface area (Å²) in [5.41, 5.74) is 1.17. The number of rotatable bonds is 8. The first-order chi connectivity index (χ1) is 15.7. The summed E-state index contributed by atoms with van der Waals surface area (Å²) >= 11 is 0. The van der Waals surface area contributed by atoms with Crippen LogP contribution in [0.25, 0.3) is 0 Å². The summed E-state index contributed by atoms with van der Waals surface area (Å²) in [5, 5.41) is 4.34. The van der Waals surface area contributed by atoms with Gasteiger partial charge in [-0.1, -0.05) is 0 Å². The summed E-state index contributed by atoms with van der Waals surface area (Å²) in [5.74, 6) is 1.17. The van der Waals surface area contributed by atoms with Crippen molar-refractivity contribution in [3.63, 3.8) is 0 Å². The molecule has 0 bridgehead atoms. The van der Waals surface area contributed by atoms with Gasteiger partial charge in [0.15, 0.2) is 0 Å². The van der Waals surface area contributed by atoms with Gasteiger partial charge >= 0.3 is 193 Å². The molecule has 0 radical (unpaired) electrons. The van der Waals surface area contributed by atoms with Gasteiger partial charge in [0.05, 0.1) is 0 Å². The van der Waals surface area contributed by atoms with Crippen molar-refractivity contribution in [3.8, 4) is 0 Å². The van der Waals surface area contributed by atoms with E-state index in [9.17, 15) is 0 Å². The standard InChI is InChI=1S/C29H33O2P/c1-23(30-2)24-19-20-25(29(21-24)31-3)22-32(26-13-7-4-8-14-26,27-15-9-5-10-16-27)28-17-11-6-12-18-28/h4-18,21,25,29,32H,1,19-20,22H2,2-3H3. The first-order valence-electron chi connectivity index (χ1n) is 11.3. The number of methoxy groups -OCH3 is 2. The molecule has 32 heavy (non-hydrogen) atoms. The van der Waals surface area contributed by atoms with Crippen LogP contribution in [0.1, 0.15) is 12.8 Å². The van der Waals surface area contributed by atoms with Crippen LogP contribution in [-0.4, -0.2) is 26.5 Å². The Morgan fingerprint density at radius 3 is 1.69 bits per heavy atom. The number of benzene rings is 3. The Morgan fingerprint density at radius 2 is 1.28 bits per heavy atom. The first kappa shape index (κ1) is 22.5. The topological polar surface area (TPSA) is 18.5 Å². The van der Waals surface area contributed by atoms with Crippen molar-refractivity contribution in [3.05, 3.63) is 115 Å². The molecule has 4 rings (SSSR count). The van der Waals surface area contributed by atoms with Gasteiger partial charge in [-0.3, -0.25) is 0 Å². The molecule has 2 unspecified atom stereocenters. The fraction of sp³-hybridized carbons (Fsp3) is 0.241. The summed E-state index contributed by atoms with van der Waals surface area (Å²) in [6.45, 7) is 4.07. The molecule has 0 spiro atoms. The average Bonchev–Trinajstić information content (AvgIpc) is 2.88. The van der Waals surface area contributed by atoms with Gasteiger partial charge in [0.2, 0.25) is 0 Å². The third kappa shape index (κ3) is 4.44. The first-order valence-corrected chi connectivity index (χ1v) is 13.5. The van der Waals surface area contributed by atoms with Crippen molar-refractivity contribution < 1.29 is 9.47 Å². The van der Waals surface area contributed by atoms with E-state index in [-0.39, 0.29) is 6.10 Å². The van der Waals surface area contributed by atoms with Crippen molar-refractivity contribution in [2.75, 3.05) is 20.4 Å². The summed E-state index contributed by atoms with van der Waals surface area (Å²) in [7, 11) is 1.22. The second kappa shape index (κ2) is 10.3. The molecule has 0 N–H and O–H groups in total. The Kier molecular flexibility index (Phi) is 7.25. The molecule has 3 heteroatoms. The quantitative estimate of drug-likeness (QED) is 0.350. The van der Waals surface area contributed by atoms with Crippen molar-refractivity contribution >= 4 is 23.2 Å². The van der Waals surface area contributed by atoms with Crippen LogP contribution in [0.5, 0.6) is 0 Å². The molecule has 3 aromatic carbocycles. The fourth-order valence-electron chi connectivity index (χ4n) is 5.18. The molecule has 2 atom stereocenters. The van der Waals surface area contributed by atoms with Crippen LogP contribution in [-0.2, 0) is 9.47 Å². The minimum atomic E-state index is -2.29. The van der Waals surface area contributed by atoms with Gasteiger partial charge < -0.3 is 0 Å². The van der Waals surface area contributed by atoms with E-state index < -0.39 is 7.26 Å². The molecule has 1 aliphatic carbocycles. The molecule has 1 aliphatic rings. The van der Waals surface area contributed by atoms with Crippen LogP contribution in [0.2, 0.25) is 0 Å². The second-order valence-corrected chi connectivity index (χ2v) is 12.5. The van der Waals surface area contributed by atoms with E-state index in [4.69, 9.17) is 9.47 Å². The molecule has 166 valence electrons. The van der Waals surface area contributed by atoms with E-state index in [0.717, 1.165) is 24.8 Å². The van der Waals surface area contributed by atoms with Gasteiger partial charge in [0.25, 0.3) is 0 Å². The Labute approximate surface area is 192 Å². The Balaban J connectivity index is 1.85. The van der Waals surface area contributed by atoms with Crippen LogP contribution in [0, 0.1) is 5.92 Å². The van der Waals surface area contributed by atoms with Gasteiger partial charge in [0.1, 0.15) is 0 Å². The molecule has 3 aromatic rings. The van der Waals surface area contributed by atoms with Crippen molar-refractivity contribution in [2.45, 2.75) is 18.9 Å². The van der Waals surface area contributed by atoms with E-state index in [1.165, 1.54) is 21.5 Å². The second-order valence-electron chi connectivity index (χ2n) is 8.53. The third-order valence-electron chi connectivity index (χ3n) is 6.86.